The van der Waals surface area contributed by atoms with Crippen molar-refractivity contribution in [1.82, 2.24) is 0 Å². The molecule has 122 valence electrons. The molecule has 0 unspecified atom stereocenters. The highest BCUT2D eigenvalue weighted by molar-refractivity contribution is 6.32. The molecule has 0 atom stereocenters. The molecule has 2 rings (SSSR count). The summed E-state index contributed by atoms with van der Waals surface area (Å²) in [6, 6.07) is 15.0. The molecule has 0 radical (unpaired) electrons. The van der Waals surface area contributed by atoms with E-state index in [1.165, 1.54) is 0 Å². The fourth-order valence-electron chi connectivity index (χ4n) is 1.81. The predicted molar refractivity (Wildman–Crippen MR) is 104 cm³/mol. The summed E-state index contributed by atoms with van der Waals surface area (Å²) >= 11 is 12.3. The van der Waals surface area contributed by atoms with Crippen molar-refractivity contribution in [3.63, 3.8) is 0 Å². The predicted octanol–water partition coefficient (Wildman–Crippen LogP) is 4.35. The Morgan fingerprint density at radius 3 is 1.62 bits per heavy atom. The molecule has 0 aliphatic carbocycles. The lowest BCUT2D eigenvalue weighted by molar-refractivity contribution is 1.21. The van der Waals surface area contributed by atoms with Crippen molar-refractivity contribution in [1.29, 1.82) is 0 Å². The number of halogens is 2. The van der Waals surface area contributed by atoms with Crippen LogP contribution >= 0.6 is 23.2 Å². The summed E-state index contributed by atoms with van der Waals surface area (Å²) in [4.78, 5) is 0. The fourth-order valence-corrected chi connectivity index (χ4v) is 2.21. The lowest BCUT2D eigenvalue weighted by Crippen LogP contribution is -2.22. The molecule has 0 saturated carbocycles. The highest BCUT2D eigenvalue weighted by atomic mass is 35.5. The smallest absolute Gasteiger partial charge is 0.211 e. The quantitative estimate of drug-likeness (QED) is 0.473. The van der Waals surface area contributed by atoms with E-state index in [9.17, 15) is 0 Å². The Kier molecular flexibility index (Phi) is 6.61. The number of nitrogens with two attached hydrogens (primary N) is 2. The number of guanidine groups is 1. The Morgan fingerprint density at radius 2 is 1.21 bits per heavy atom. The maximum Gasteiger partial charge on any atom is 0.211 e. The molecule has 0 amide bonds. The lowest BCUT2D eigenvalue weighted by atomic mass is 10.1. The second-order valence-corrected chi connectivity index (χ2v) is 5.57. The molecule has 0 heterocycles. The number of hydrogen-bond donors (Lipinski definition) is 2. The highest BCUT2D eigenvalue weighted by Crippen LogP contribution is 2.18. The van der Waals surface area contributed by atoms with Crippen LogP contribution in [0.2, 0.25) is 10.0 Å². The van der Waals surface area contributed by atoms with Gasteiger partial charge in [0, 0.05) is 10.0 Å². The second-order valence-electron chi connectivity index (χ2n) is 4.76. The summed E-state index contributed by atoms with van der Waals surface area (Å²) in [5.41, 5.74) is 12.9. The van der Waals surface area contributed by atoms with Gasteiger partial charge in [0.1, 0.15) is 0 Å². The van der Waals surface area contributed by atoms with E-state index in [-0.39, 0.29) is 5.96 Å². The molecular weight excluding hydrogens is 343 g/mol. The van der Waals surface area contributed by atoms with Crippen LogP contribution in [0.4, 0.5) is 0 Å². The number of hydrogen-bond acceptors (Lipinski definition) is 2. The van der Waals surface area contributed by atoms with Crippen LogP contribution in [0.1, 0.15) is 11.1 Å². The molecule has 4 nitrogen and oxygen atoms in total. The number of rotatable bonds is 5. The topological polar surface area (TPSA) is 76.8 Å². The number of benzene rings is 2. The van der Waals surface area contributed by atoms with Crippen molar-refractivity contribution in [3.8, 4) is 0 Å². The highest BCUT2D eigenvalue weighted by Gasteiger charge is 1.97. The third kappa shape index (κ3) is 5.57. The third-order valence-electron chi connectivity index (χ3n) is 2.96. The Labute approximate surface area is 150 Å². The molecule has 0 fully saturated rings. The normalized spacial score (nSPS) is 10.9. The van der Waals surface area contributed by atoms with Gasteiger partial charge in [-0.25, -0.2) is 0 Å². The van der Waals surface area contributed by atoms with Crippen LogP contribution in [0.15, 0.2) is 70.9 Å². The van der Waals surface area contributed by atoms with Crippen molar-refractivity contribution >= 4 is 47.0 Å². The SMILES string of the molecule is NC(N)=NN=C(/C=C/c1ccccc1Cl)/C=C/c1ccccc1Cl. The van der Waals surface area contributed by atoms with Gasteiger partial charge in [0.15, 0.2) is 0 Å². The fraction of sp³-hybridized carbons (Fsp3) is 0. The van der Waals surface area contributed by atoms with E-state index in [1.54, 1.807) is 12.2 Å². The van der Waals surface area contributed by atoms with E-state index in [1.807, 2.05) is 60.7 Å². The maximum atomic E-state index is 6.13. The number of nitrogens with zero attached hydrogens (tertiary/aromatic N) is 2. The average molecular weight is 359 g/mol. The van der Waals surface area contributed by atoms with Crippen LogP contribution in [0, 0.1) is 0 Å². The maximum absolute atomic E-state index is 6.13. The van der Waals surface area contributed by atoms with Crippen LogP contribution in [0.3, 0.4) is 0 Å². The van der Waals surface area contributed by atoms with Gasteiger partial charge in [-0.1, -0.05) is 71.8 Å². The summed E-state index contributed by atoms with van der Waals surface area (Å²) < 4.78 is 0. The minimum Gasteiger partial charge on any atom is -0.369 e. The molecule has 4 N–H and O–H groups in total. The van der Waals surface area contributed by atoms with Crippen LogP contribution in [-0.2, 0) is 0 Å². The Balaban J connectivity index is 2.29. The first kappa shape index (κ1) is 17.8. The van der Waals surface area contributed by atoms with E-state index in [4.69, 9.17) is 34.7 Å². The second kappa shape index (κ2) is 8.91. The van der Waals surface area contributed by atoms with Crippen LogP contribution in [0.5, 0.6) is 0 Å². The standard InChI is InChI=1S/C18H16Cl2N4/c19-16-7-3-1-5-13(16)9-11-15(23-24-18(21)22)12-10-14-6-2-4-8-17(14)20/h1-12H,(H4,21,22,24)/b11-9+,12-10+. The summed E-state index contributed by atoms with van der Waals surface area (Å²) in [5, 5.41) is 8.98. The molecule has 2 aromatic carbocycles. The lowest BCUT2D eigenvalue weighted by Gasteiger charge is -1.98. The first-order valence-electron chi connectivity index (χ1n) is 7.08. The van der Waals surface area contributed by atoms with Crippen molar-refractivity contribution in [3.05, 3.63) is 81.9 Å². The van der Waals surface area contributed by atoms with Crippen molar-refractivity contribution in [2.24, 2.45) is 21.7 Å². The average Bonchev–Trinajstić information content (AvgIpc) is 2.56. The molecule has 2 aromatic rings. The summed E-state index contributed by atoms with van der Waals surface area (Å²) in [5.74, 6) is -0.121. The Morgan fingerprint density at radius 1 is 0.750 bits per heavy atom. The Bertz CT molecular complexity index is 762. The monoisotopic (exact) mass is 358 g/mol. The van der Waals surface area contributed by atoms with E-state index < -0.39 is 0 Å². The molecule has 0 saturated heterocycles. The van der Waals surface area contributed by atoms with Gasteiger partial charge in [-0.3, -0.25) is 0 Å². The molecule has 0 bridgehead atoms. The first-order chi connectivity index (χ1) is 11.6. The van der Waals surface area contributed by atoms with Gasteiger partial charge >= 0.3 is 0 Å². The third-order valence-corrected chi connectivity index (χ3v) is 3.65. The molecule has 0 aromatic heterocycles. The van der Waals surface area contributed by atoms with Gasteiger partial charge in [-0.05, 0) is 35.4 Å². The molecule has 0 aliphatic rings. The zero-order valence-electron chi connectivity index (χ0n) is 12.7. The largest absolute Gasteiger partial charge is 0.369 e. The Hall–Kier alpha value is -2.56. The van der Waals surface area contributed by atoms with Crippen molar-refractivity contribution in [2.45, 2.75) is 0 Å². The first-order valence-corrected chi connectivity index (χ1v) is 7.83. The van der Waals surface area contributed by atoms with E-state index >= 15 is 0 Å². The van der Waals surface area contributed by atoms with Gasteiger partial charge < -0.3 is 11.5 Å². The van der Waals surface area contributed by atoms with E-state index in [2.05, 4.69) is 10.2 Å². The van der Waals surface area contributed by atoms with Crippen LogP contribution in [-0.4, -0.2) is 11.7 Å². The minimum absolute atomic E-state index is 0.121. The zero-order valence-corrected chi connectivity index (χ0v) is 14.2. The van der Waals surface area contributed by atoms with E-state index in [0.717, 1.165) is 11.1 Å². The molecule has 6 heteroatoms. The van der Waals surface area contributed by atoms with Crippen LogP contribution < -0.4 is 11.5 Å². The molecular formula is C18H16Cl2N4. The van der Waals surface area contributed by atoms with Gasteiger partial charge in [0.2, 0.25) is 5.96 Å². The summed E-state index contributed by atoms with van der Waals surface area (Å²) in [7, 11) is 0. The van der Waals surface area contributed by atoms with Crippen molar-refractivity contribution < 1.29 is 0 Å². The zero-order chi connectivity index (χ0) is 17.4. The molecule has 0 aliphatic heterocycles. The summed E-state index contributed by atoms with van der Waals surface area (Å²) in [6.45, 7) is 0. The molecule has 24 heavy (non-hydrogen) atoms. The van der Waals surface area contributed by atoms with Gasteiger partial charge in [0.25, 0.3) is 0 Å². The van der Waals surface area contributed by atoms with Gasteiger partial charge in [-0.15, -0.1) is 10.2 Å². The van der Waals surface area contributed by atoms with E-state index in [0.29, 0.717) is 15.8 Å². The number of allylic oxidation sites excluding steroid dienone is 2. The van der Waals surface area contributed by atoms with Gasteiger partial charge in [-0.2, -0.15) is 0 Å². The minimum atomic E-state index is -0.121. The summed E-state index contributed by atoms with van der Waals surface area (Å²) in [6.07, 6.45) is 7.20. The van der Waals surface area contributed by atoms with Crippen molar-refractivity contribution in [2.75, 3.05) is 0 Å². The molecule has 0 spiro atoms. The van der Waals surface area contributed by atoms with Crippen LogP contribution in [0.25, 0.3) is 12.2 Å². The van der Waals surface area contributed by atoms with Gasteiger partial charge in [0.05, 0.1) is 5.71 Å².